The lowest BCUT2D eigenvalue weighted by Crippen LogP contribution is -2.36. The highest BCUT2D eigenvalue weighted by Crippen LogP contribution is 2.32. The van der Waals surface area contributed by atoms with Crippen LogP contribution in [0.1, 0.15) is 75.2 Å². The molecule has 6 rings (SSSR count). The van der Waals surface area contributed by atoms with Crippen LogP contribution in [0.2, 0.25) is 0 Å². The summed E-state index contributed by atoms with van der Waals surface area (Å²) in [5.74, 6) is -0.130. The number of carbonyl (C=O) groups is 2. The van der Waals surface area contributed by atoms with Gasteiger partial charge in [0.15, 0.2) is 5.65 Å². The highest BCUT2D eigenvalue weighted by molar-refractivity contribution is 6.05. The quantitative estimate of drug-likeness (QED) is 0.392. The molecular weight excluding hydrogens is 462 g/mol. The number of fused-ring (bicyclic) bond motifs is 2. The summed E-state index contributed by atoms with van der Waals surface area (Å²) in [5.41, 5.74) is 5.11. The second-order valence-electron chi connectivity index (χ2n) is 10.2. The maximum absolute atomic E-state index is 13.5. The Hall–Kier alpha value is -4.00. The van der Waals surface area contributed by atoms with E-state index in [0.29, 0.717) is 31.2 Å². The van der Waals surface area contributed by atoms with Crippen LogP contribution < -0.4 is 5.32 Å². The lowest BCUT2D eigenvalue weighted by atomic mass is 9.98. The molecule has 1 N–H and O–H groups in total. The van der Waals surface area contributed by atoms with E-state index in [-0.39, 0.29) is 17.7 Å². The van der Waals surface area contributed by atoms with Crippen LogP contribution in [0, 0.1) is 6.92 Å². The standard InChI is InChI=1S/C30H31N5O2/c1-20-15-26(27-17-32-35(28(27)33-20)24-12-6-7-13-24)29(36)31-16-23(21-9-3-2-4-10-21)19-34-18-22-11-5-8-14-25(22)30(34)37/h2-5,8-11,14-15,17,23-24H,6-7,12-13,16,18-19H2,1H3,(H,31,36). The van der Waals surface area contributed by atoms with E-state index in [2.05, 4.69) is 22.5 Å². The van der Waals surface area contributed by atoms with Gasteiger partial charge >= 0.3 is 0 Å². The van der Waals surface area contributed by atoms with Gasteiger partial charge in [-0.15, -0.1) is 0 Å². The van der Waals surface area contributed by atoms with Crippen molar-refractivity contribution in [2.45, 2.75) is 51.1 Å². The maximum Gasteiger partial charge on any atom is 0.254 e. The zero-order chi connectivity index (χ0) is 25.4. The molecule has 0 saturated heterocycles. The van der Waals surface area contributed by atoms with Crippen LogP contribution in [0.25, 0.3) is 11.0 Å². The average molecular weight is 494 g/mol. The Labute approximate surface area is 216 Å². The fourth-order valence-corrected chi connectivity index (χ4v) is 5.80. The number of aryl methyl sites for hydroxylation is 1. The zero-order valence-electron chi connectivity index (χ0n) is 21.1. The normalized spacial score (nSPS) is 16.4. The second-order valence-corrected chi connectivity index (χ2v) is 10.2. The number of hydrogen-bond donors (Lipinski definition) is 1. The molecule has 1 aliphatic carbocycles. The van der Waals surface area contributed by atoms with Gasteiger partial charge in [0.1, 0.15) is 0 Å². The van der Waals surface area contributed by atoms with Crippen molar-refractivity contribution in [3.8, 4) is 0 Å². The number of nitrogens with zero attached hydrogens (tertiary/aromatic N) is 4. The molecule has 1 unspecified atom stereocenters. The lowest BCUT2D eigenvalue weighted by molar-refractivity contribution is 0.0767. The Morgan fingerprint density at radius 2 is 1.84 bits per heavy atom. The Bertz CT molecular complexity index is 1460. The molecule has 1 fully saturated rings. The molecule has 0 bridgehead atoms. The molecule has 7 heteroatoms. The van der Waals surface area contributed by atoms with Gasteiger partial charge in [-0.1, -0.05) is 61.4 Å². The molecule has 2 aliphatic rings. The SMILES string of the molecule is Cc1cc(C(=O)NCC(CN2Cc3ccccc3C2=O)c2ccccc2)c2cnn(C3CCCC3)c2n1. The van der Waals surface area contributed by atoms with Crippen LogP contribution in [-0.4, -0.2) is 44.6 Å². The van der Waals surface area contributed by atoms with E-state index in [9.17, 15) is 9.59 Å². The molecule has 2 aromatic carbocycles. The highest BCUT2D eigenvalue weighted by Gasteiger charge is 2.30. The topological polar surface area (TPSA) is 80.1 Å². The van der Waals surface area contributed by atoms with E-state index >= 15 is 0 Å². The van der Waals surface area contributed by atoms with Crippen molar-refractivity contribution < 1.29 is 9.59 Å². The molecule has 2 aromatic heterocycles. The summed E-state index contributed by atoms with van der Waals surface area (Å²) in [6.07, 6.45) is 6.40. The third-order valence-electron chi connectivity index (χ3n) is 7.73. The molecule has 188 valence electrons. The van der Waals surface area contributed by atoms with Gasteiger partial charge in [0, 0.05) is 36.8 Å². The van der Waals surface area contributed by atoms with Gasteiger partial charge in [-0.2, -0.15) is 5.10 Å². The summed E-state index contributed by atoms with van der Waals surface area (Å²) in [5, 5.41) is 8.58. The molecule has 3 heterocycles. The minimum absolute atomic E-state index is 0.0388. The van der Waals surface area contributed by atoms with Crippen molar-refractivity contribution >= 4 is 22.8 Å². The predicted molar refractivity (Wildman–Crippen MR) is 142 cm³/mol. The minimum Gasteiger partial charge on any atom is -0.351 e. The van der Waals surface area contributed by atoms with Gasteiger partial charge in [-0.25, -0.2) is 9.67 Å². The number of benzene rings is 2. The van der Waals surface area contributed by atoms with Crippen molar-refractivity contribution in [1.82, 2.24) is 25.0 Å². The number of amides is 2. The van der Waals surface area contributed by atoms with Gasteiger partial charge < -0.3 is 10.2 Å². The molecule has 0 spiro atoms. The number of pyridine rings is 1. The van der Waals surface area contributed by atoms with Crippen LogP contribution in [0.5, 0.6) is 0 Å². The molecule has 1 saturated carbocycles. The lowest BCUT2D eigenvalue weighted by Gasteiger charge is -2.24. The average Bonchev–Trinajstić information content (AvgIpc) is 3.66. The number of rotatable bonds is 7. The largest absolute Gasteiger partial charge is 0.351 e. The zero-order valence-corrected chi connectivity index (χ0v) is 21.1. The summed E-state index contributed by atoms with van der Waals surface area (Å²) in [7, 11) is 0. The van der Waals surface area contributed by atoms with Crippen molar-refractivity contribution in [2.24, 2.45) is 0 Å². The molecule has 4 aromatic rings. The van der Waals surface area contributed by atoms with Crippen LogP contribution in [-0.2, 0) is 6.54 Å². The molecule has 1 aliphatic heterocycles. The van der Waals surface area contributed by atoms with Crippen molar-refractivity contribution in [2.75, 3.05) is 13.1 Å². The summed E-state index contributed by atoms with van der Waals surface area (Å²) < 4.78 is 2.01. The Morgan fingerprint density at radius 1 is 1.08 bits per heavy atom. The van der Waals surface area contributed by atoms with Gasteiger partial charge in [0.25, 0.3) is 11.8 Å². The van der Waals surface area contributed by atoms with E-state index in [1.165, 1.54) is 12.8 Å². The number of hydrogen-bond acceptors (Lipinski definition) is 4. The number of carbonyl (C=O) groups excluding carboxylic acids is 2. The van der Waals surface area contributed by atoms with Crippen LogP contribution in [0.3, 0.4) is 0 Å². The molecule has 0 radical (unpaired) electrons. The maximum atomic E-state index is 13.5. The fourth-order valence-electron chi connectivity index (χ4n) is 5.80. The first-order valence-electron chi connectivity index (χ1n) is 13.1. The molecule has 2 amide bonds. The Morgan fingerprint density at radius 3 is 2.62 bits per heavy atom. The van der Waals surface area contributed by atoms with Gasteiger partial charge in [-0.3, -0.25) is 9.59 Å². The molecule has 1 atom stereocenters. The van der Waals surface area contributed by atoms with E-state index in [1.54, 1.807) is 6.20 Å². The van der Waals surface area contributed by atoms with Gasteiger partial charge in [-0.05, 0) is 43.0 Å². The van der Waals surface area contributed by atoms with E-state index in [1.807, 2.05) is 65.0 Å². The third-order valence-corrected chi connectivity index (χ3v) is 7.73. The first kappa shape index (κ1) is 23.4. The molecule has 7 nitrogen and oxygen atoms in total. The fraction of sp³-hybridized carbons (Fsp3) is 0.333. The summed E-state index contributed by atoms with van der Waals surface area (Å²) in [4.78, 5) is 33.2. The summed E-state index contributed by atoms with van der Waals surface area (Å²) in [6, 6.07) is 20.1. The third kappa shape index (κ3) is 4.50. The van der Waals surface area contributed by atoms with E-state index in [0.717, 1.165) is 46.3 Å². The van der Waals surface area contributed by atoms with Gasteiger partial charge in [0.2, 0.25) is 0 Å². The van der Waals surface area contributed by atoms with Crippen molar-refractivity contribution in [3.63, 3.8) is 0 Å². The Balaban J connectivity index is 1.23. The predicted octanol–water partition coefficient (Wildman–Crippen LogP) is 5.02. The second kappa shape index (κ2) is 9.81. The molecule has 37 heavy (non-hydrogen) atoms. The Kier molecular flexibility index (Phi) is 6.20. The number of aromatic nitrogens is 3. The van der Waals surface area contributed by atoms with Crippen molar-refractivity contribution in [3.05, 3.63) is 94.8 Å². The highest BCUT2D eigenvalue weighted by atomic mass is 16.2. The van der Waals surface area contributed by atoms with E-state index < -0.39 is 0 Å². The van der Waals surface area contributed by atoms with Crippen LogP contribution >= 0.6 is 0 Å². The first-order valence-corrected chi connectivity index (χ1v) is 13.1. The van der Waals surface area contributed by atoms with E-state index in [4.69, 9.17) is 4.98 Å². The summed E-state index contributed by atoms with van der Waals surface area (Å²) in [6.45, 7) is 3.47. The van der Waals surface area contributed by atoms with Crippen LogP contribution in [0.4, 0.5) is 0 Å². The van der Waals surface area contributed by atoms with Crippen molar-refractivity contribution in [1.29, 1.82) is 0 Å². The summed E-state index contributed by atoms with van der Waals surface area (Å²) >= 11 is 0. The minimum atomic E-state index is -0.140. The van der Waals surface area contributed by atoms with Gasteiger partial charge in [0.05, 0.1) is 23.2 Å². The monoisotopic (exact) mass is 493 g/mol. The number of nitrogens with one attached hydrogen (secondary N) is 1. The molecular formula is C30H31N5O2. The van der Waals surface area contributed by atoms with Crippen LogP contribution in [0.15, 0.2) is 66.9 Å². The smallest absolute Gasteiger partial charge is 0.254 e. The first-order chi connectivity index (χ1) is 18.1.